The number of hydrogen-bond donors (Lipinski definition) is 0. The van der Waals surface area contributed by atoms with Gasteiger partial charge in [0.2, 0.25) is 0 Å². The minimum atomic E-state index is 0.0581. The number of carbonyl (C=O) groups excluding carboxylic acids is 1. The minimum Gasteiger partial charge on any atom is -0.233 e. The summed E-state index contributed by atoms with van der Waals surface area (Å²) in [6, 6.07) is 29.5. The monoisotopic (exact) mass is 274 g/mol. The Morgan fingerprint density at radius 2 is 0.810 bits per heavy atom. The maximum atomic E-state index is 12.2. The molecule has 0 saturated carbocycles. The number of quaternary nitrogens is 1. The number of hydrogen-bond acceptors (Lipinski definition) is 1. The Kier molecular flexibility index (Phi) is 3.63. The quantitative estimate of drug-likeness (QED) is 0.492. The number of benzene rings is 3. The summed E-state index contributed by atoms with van der Waals surface area (Å²) in [5.41, 5.74) is 2.76. The van der Waals surface area contributed by atoms with E-state index in [-0.39, 0.29) is 4.48 Å². The van der Waals surface area contributed by atoms with Gasteiger partial charge in [0, 0.05) is 36.4 Å². The summed E-state index contributed by atoms with van der Waals surface area (Å²) in [5.74, 6) is 0. The molecule has 2 heteroatoms. The standard InChI is InChI=1S/C19H16NO/c21-16-20(17-10-4-1-5-11-17,18-12-6-2-7-13-18)19-14-8-3-9-15-19/h1-16H/q+1. The first-order valence-electron chi connectivity index (χ1n) is 6.90. The molecule has 0 bridgehead atoms. The first-order valence-corrected chi connectivity index (χ1v) is 6.90. The van der Waals surface area contributed by atoms with E-state index in [1.165, 1.54) is 0 Å². The zero-order valence-electron chi connectivity index (χ0n) is 11.6. The molecule has 3 rings (SSSR count). The third kappa shape index (κ3) is 2.26. The summed E-state index contributed by atoms with van der Waals surface area (Å²) < 4.78 is 0.0581. The molecule has 3 aromatic carbocycles. The molecule has 0 fully saturated rings. The van der Waals surface area contributed by atoms with Crippen LogP contribution in [0, 0.1) is 0 Å². The summed E-state index contributed by atoms with van der Waals surface area (Å²) >= 11 is 0. The van der Waals surface area contributed by atoms with Crippen LogP contribution < -0.4 is 4.48 Å². The van der Waals surface area contributed by atoms with Crippen LogP contribution in [0.4, 0.5) is 17.1 Å². The van der Waals surface area contributed by atoms with E-state index >= 15 is 0 Å². The highest BCUT2D eigenvalue weighted by atomic mass is 16.1. The minimum absolute atomic E-state index is 0.0581. The van der Waals surface area contributed by atoms with E-state index in [1.54, 1.807) is 0 Å². The molecule has 1 amide bonds. The zero-order chi connectivity index (χ0) is 14.5. The lowest BCUT2D eigenvalue weighted by Gasteiger charge is -2.30. The number of amides is 1. The highest BCUT2D eigenvalue weighted by molar-refractivity contribution is 5.89. The van der Waals surface area contributed by atoms with Gasteiger partial charge >= 0.3 is 6.41 Å². The summed E-state index contributed by atoms with van der Waals surface area (Å²) in [4.78, 5) is 12.2. The van der Waals surface area contributed by atoms with E-state index in [9.17, 15) is 4.79 Å². The van der Waals surface area contributed by atoms with Gasteiger partial charge in [-0.1, -0.05) is 54.6 Å². The van der Waals surface area contributed by atoms with Crippen molar-refractivity contribution in [1.29, 1.82) is 0 Å². The van der Waals surface area contributed by atoms with Gasteiger partial charge in [-0.3, -0.25) is 0 Å². The highest BCUT2D eigenvalue weighted by Gasteiger charge is 2.35. The molecule has 102 valence electrons. The van der Waals surface area contributed by atoms with Gasteiger partial charge in [-0.05, 0) is 0 Å². The molecule has 0 unspecified atom stereocenters. The molecule has 0 heterocycles. The van der Waals surface area contributed by atoms with Crippen molar-refractivity contribution in [2.75, 3.05) is 0 Å². The Morgan fingerprint density at radius 3 is 1.05 bits per heavy atom. The second kappa shape index (κ2) is 5.73. The second-order valence-corrected chi connectivity index (χ2v) is 4.83. The van der Waals surface area contributed by atoms with Crippen LogP contribution in [0.25, 0.3) is 0 Å². The third-order valence-corrected chi connectivity index (χ3v) is 3.65. The predicted octanol–water partition coefficient (Wildman–Crippen LogP) is 4.81. The van der Waals surface area contributed by atoms with Gasteiger partial charge in [0.15, 0.2) is 0 Å². The molecule has 21 heavy (non-hydrogen) atoms. The number of carbonyl (C=O) groups is 1. The van der Waals surface area contributed by atoms with Gasteiger partial charge in [-0.15, -0.1) is 0 Å². The summed E-state index contributed by atoms with van der Waals surface area (Å²) in [7, 11) is 0. The lowest BCUT2D eigenvalue weighted by molar-refractivity contribution is -0.113. The zero-order valence-corrected chi connectivity index (χ0v) is 11.6. The van der Waals surface area contributed by atoms with Gasteiger partial charge in [-0.2, -0.15) is 4.48 Å². The van der Waals surface area contributed by atoms with Crippen LogP contribution in [0.5, 0.6) is 0 Å². The second-order valence-electron chi connectivity index (χ2n) is 4.83. The van der Waals surface area contributed by atoms with Gasteiger partial charge < -0.3 is 0 Å². The fourth-order valence-electron chi connectivity index (χ4n) is 2.62. The van der Waals surface area contributed by atoms with Crippen molar-refractivity contribution in [1.82, 2.24) is 4.48 Å². The van der Waals surface area contributed by atoms with Crippen molar-refractivity contribution in [2.24, 2.45) is 0 Å². The Balaban J connectivity index is 2.31. The van der Waals surface area contributed by atoms with Crippen LogP contribution in [0.1, 0.15) is 0 Å². The van der Waals surface area contributed by atoms with Crippen LogP contribution in [-0.2, 0) is 4.79 Å². The molecule has 0 aliphatic rings. The van der Waals surface area contributed by atoms with Crippen molar-refractivity contribution in [3.05, 3.63) is 91.0 Å². The topological polar surface area (TPSA) is 17.1 Å². The summed E-state index contributed by atoms with van der Waals surface area (Å²) in [5, 5.41) is 0. The Bertz CT molecular complexity index is 612. The maximum absolute atomic E-state index is 12.2. The molecule has 0 saturated heterocycles. The van der Waals surface area contributed by atoms with Crippen LogP contribution in [0.3, 0.4) is 0 Å². The van der Waals surface area contributed by atoms with E-state index in [0.29, 0.717) is 0 Å². The van der Waals surface area contributed by atoms with Crippen LogP contribution in [0.2, 0.25) is 0 Å². The van der Waals surface area contributed by atoms with Crippen molar-refractivity contribution >= 4 is 23.5 Å². The molecule has 0 spiro atoms. The number of nitrogens with zero attached hydrogens (tertiary/aromatic N) is 1. The molecule has 3 aromatic rings. The molecule has 0 aliphatic carbocycles. The maximum Gasteiger partial charge on any atom is 0.316 e. The van der Waals surface area contributed by atoms with E-state index in [2.05, 4.69) is 0 Å². The van der Waals surface area contributed by atoms with E-state index < -0.39 is 0 Å². The Morgan fingerprint density at radius 1 is 0.524 bits per heavy atom. The Labute approximate surface area is 124 Å². The van der Waals surface area contributed by atoms with Crippen molar-refractivity contribution in [3.63, 3.8) is 0 Å². The fraction of sp³-hybridized carbons (Fsp3) is 0. The van der Waals surface area contributed by atoms with Crippen molar-refractivity contribution in [3.8, 4) is 0 Å². The highest BCUT2D eigenvalue weighted by Crippen LogP contribution is 2.41. The average molecular weight is 274 g/mol. The normalized spacial score (nSPS) is 11.0. The molecular weight excluding hydrogens is 258 g/mol. The third-order valence-electron chi connectivity index (χ3n) is 3.65. The number of para-hydroxylation sites is 3. The van der Waals surface area contributed by atoms with Crippen LogP contribution in [-0.4, -0.2) is 6.41 Å². The lowest BCUT2D eigenvalue weighted by atomic mass is 10.1. The number of rotatable bonds is 4. The molecule has 0 aromatic heterocycles. The molecule has 0 atom stereocenters. The largest absolute Gasteiger partial charge is 0.316 e. The van der Waals surface area contributed by atoms with Crippen molar-refractivity contribution < 1.29 is 4.79 Å². The van der Waals surface area contributed by atoms with E-state index in [0.717, 1.165) is 23.5 Å². The first-order chi connectivity index (χ1) is 10.4. The van der Waals surface area contributed by atoms with Crippen LogP contribution >= 0.6 is 0 Å². The van der Waals surface area contributed by atoms with Gasteiger partial charge in [0.25, 0.3) is 0 Å². The van der Waals surface area contributed by atoms with Gasteiger partial charge in [0.05, 0.1) is 0 Å². The fourth-order valence-corrected chi connectivity index (χ4v) is 2.62. The predicted molar refractivity (Wildman–Crippen MR) is 86.5 cm³/mol. The lowest BCUT2D eigenvalue weighted by Crippen LogP contribution is -2.37. The van der Waals surface area contributed by atoms with Gasteiger partial charge in [-0.25, -0.2) is 4.79 Å². The SMILES string of the molecule is O=C[N+](c1ccccc1)(c1ccccc1)c1ccccc1. The average Bonchev–Trinajstić information content (AvgIpc) is 2.59. The van der Waals surface area contributed by atoms with Gasteiger partial charge in [0.1, 0.15) is 17.1 Å². The molecular formula is C19H16NO+. The van der Waals surface area contributed by atoms with Crippen LogP contribution in [0.15, 0.2) is 91.0 Å². The van der Waals surface area contributed by atoms with E-state index in [1.807, 2.05) is 91.0 Å². The molecule has 0 aliphatic heterocycles. The Hall–Kier alpha value is -2.71. The van der Waals surface area contributed by atoms with E-state index in [4.69, 9.17) is 0 Å². The first kappa shape index (κ1) is 13.3. The molecule has 2 nitrogen and oxygen atoms in total. The van der Waals surface area contributed by atoms with Crippen molar-refractivity contribution in [2.45, 2.75) is 0 Å². The smallest absolute Gasteiger partial charge is 0.233 e. The summed E-state index contributed by atoms with van der Waals surface area (Å²) in [6.07, 6.45) is 0.986. The molecule has 0 N–H and O–H groups in total. The molecule has 0 radical (unpaired) electrons. The summed E-state index contributed by atoms with van der Waals surface area (Å²) in [6.45, 7) is 0.